The maximum absolute atomic E-state index is 12.4. The molecule has 1 N–H and O–H groups in total. The third kappa shape index (κ3) is 1.80. The summed E-state index contributed by atoms with van der Waals surface area (Å²) in [6.07, 6.45) is 2.93. The lowest BCUT2D eigenvalue weighted by Gasteiger charge is -2.51. The first-order chi connectivity index (χ1) is 9.48. The van der Waals surface area contributed by atoms with E-state index in [1.807, 2.05) is 24.0 Å². The second-order valence-electron chi connectivity index (χ2n) is 5.89. The van der Waals surface area contributed by atoms with E-state index in [-0.39, 0.29) is 12.1 Å². The molecule has 2 amide bonds. The van der Waals surface area contributed by atoms with Gasteiger partial charge in [0.15, 0.2) is 5.72 Å². The highest BCUT2D eigenvalue weighted by molar-refractivity contribution is 9.11. The van der Waals surface area contributed by atoms with Crippen molar-refractivity contribution in [2.75, 3.05) is 0 Å². The Morgan fingerprint density at radius 2 is 2.15 bits per heavy atom. The van der Waals surface area contributed by atoms with E-state index in [2.05, 4.69) is 37.2 Å². The summed E-state index contributed by atoms with van der Waals surface area (Å²) in [5.74, 6) is 0.845. The number of nitrogens with zero attached hydrogens (tertiary/aromatic N) is 1. The molecule has 1 aromatic carbocycles. The van der Waals surface area contributed by atoms with E-state index < -0.39 is 5.72 Å². The molecule has 20 heavy (non-hydrogen) atoms. The van der Waals surface area contributed by atoms with Crippen LogP contribution in [0.25, 0.3) is 0 Å². The average Bonchev–Trinajstić information content (AvgIpc) is 3.14. The number of hydrogen-bond acceptors (Lipinski definition) is 2. The quantitative estimate of drug-likeness (QED) is 0.774. The van der Waals surface area contributed by atoms with Crippen molar-refractivity contribution in [2.24, 2.45) is 0 Å². The van der Waals surface area contributed by atoms with Gasteiger partial charge in [0.2, 0.25) is 0 Å². The lowest BCUT2D eigenvalue weighted by molar-refractivity contribution is -0.0883. The maximum atomic E-state index is 12.4. The zero-order valence-corrected chi connectivity index (χ0v) is 14.1. The third-order valence-electron chi connectivity index (χ3n) is 4.26. The van der Waals surface area contributed by atoms with Crippen LogP contribution in [0, 0.1) is 0 Å². The molecule has 2 fully saturated rings. The minimum Gasteiger partial charge on any atom is -0.466 e. The van der Waals surface area contributed by atoms with Crippen molar-refractivity contribution in [3.05, 3.63) is 26.6 Å². The number of carbonyl (C=O) groups is 1. The lowest BCUT2D eigenvalue weighted by Crippen LogP contribution is -2.65. The van der Waals surface area contributed by atoms with Crippen LogP contribution in [0.4, 0.5) is 4.79 Å². The number of fused-ring (bicyclic) bond motifs is 4. The molecule has 1 aliphatic carbocycles. The predicted octanol–water partition coefficient (Wildman–Crippen LogP) is 3.94. The Bertz CT molecular complexity index is 617. The van der Waals surface area contributed by atoms with Gasteiger partial charge in [-0.15, -0.1) is 0 Å². The Kier molecular flexibility index (Phi) is 2.68. The Balaban J connectivity index is 1.83. The molecule has 0 aromatic heterocycles. The van der Waals surface area contributed by atoms with Crippen molar-refractivity contribution < 1.29 is 9.53 Å². The number of nitrogens with one attached hydrogen (secondary N) is 1. The minimum absolute atomic E-state index is 0.00648. The summed E-state index contributed by atoms with van der Waals surface area (Å²) in [5, 5.41) is 3.12. The van der Waals surface area contributed by atoms with Gasteiger partial charge in [-0.2, -0.15) is 0 Å². The molecule has 2 aliphatic heterocycles. The van der Waals surface area contributed by atoms with Crippen molar-refractivity contribution in [2.45, 2.75) is 44.0 Å². The number of benzene rings is 1. The highest BCUT2D eigenvalue weighted by Crippen LogP contribution is 2.50. The standard InChI is InChI=1S/C14H14Br2N2O2/c1-14-6-11(17-13(19)18(14)8-2-3-8)9-4-7(15)5-10(16)12(9)20-14/h4-5,8,11H,2-3,6H2,1H3,(H,17,19). The number of rotatable bonds is 1. The van der Waals surface area contributed by atoms with E-state index in [9.17, 15) is 4.79 Å². The van der Waals surface area contributed by atoms with E-state index in [0.717, 1.165) is 39.5 Å². The summed E-state index contributed by atoms with van der Waals surface area (Å²) >= 11 is 7.06. The number of halogens is 2. The third-order valence-corrected chi connectivity index (χ3v) is 5.30. The van der Waals surface area contributed by atoms with E-state index in [1.165, 1.54) is 0 Å². The first-order valence-electron chi connectivity index (χ1n) is 6.76. The summed E-state index contributed by atoms with van der Waals surface area (Å²) in [6.45, 7) is 2.02. The van der Waals surface area contributed by atoms with Gasteiger partial charge < -0.3 is 10.1 Å². The highest BCUT2D eigenvalue weighted by atomic mass is 79.9. The first kappa shape index (κ1) is 13.0. The Morgan fingerprint density at radius 3 is 2.85 bits per heavy atom. The first-order valence-corrected chi connectivity index (χ1v) is 8.34. The van der Waals surface area contributed by atoms with Gasteiger partial charge in [0.1, 0.15) is 5.75 Å². The van der Waals surface area contributed by atoms with Crippen LogP contribution in [-0.4, -0.2) is 22.7 Å². The Hall–Kier alpha value is -0.750. The topological polar surface area (TPSA) is 41.6 Å². The van der Waals surface area contributed by atoms with Crippen LogP contribution in [0.1, 0.15) is 37.8 Å². The molecule has 4 nitrogen and oxygen atoms in total. The van der Waals surface area contributed by atoms with Crippen LogP contribution in [0.3, 0.4) is 0 Å². The summed E-state index contributed by atoms with van der Waals surface area (Å²) in [4.78, 5) is 14.3. The molecule has 1 aromatic rings. The fourth-order valence-corrected chi connectivity index (χ4v) is 4.63. The molecule has 2 bridgehead atoms. The van der Waals surface area contributed by atoms with Crippen LogP contribution in [0.15, 0.2) is 21.1 Å². The fourth-order valence-electron chi connectivity index (χ4n) is 3.29. The normalized spacial score (nSPS) is 31.4. The zero-order valence-electron chi connectivity index (χ0n) is 11.0. The van der Waals surface area contributed by atoms with Gasteiger partial charge in [0, 0.05) is 22.5 Å². The van der Waals surface area contributed by atoms with Gasteiger partial charge in [-0.05, 0) is 47.8 Å². The molecule has 3 aliphatic rings. The van der Waals surface area contributed by atoms with Gasteiger partial charge >= 0.3 is 6.03 Å². The van der Waals surface area contributed by atoms with E-state index in [4.69, 9.17) is 4.74 Å². The van der Waals surface area contributed by atoms with Crippen LogP contribution < -0.4 is 10.1 Å². The van der Waals surface area contributed by atoms with Gasteiger partial charge in [0.25, 0.3) is 0 Å². The number of ether oxygens (including phenoxy) is 1. The second kappa shape index (κ2) is 4.13. The molecule has 2 heterocycles. The lowest BCUT2D eigenvalue weighted by atomic mass is 9.90. The Labute approximate surface area is 134 Å². The van der Waals surface area contributed by atoms with Gasteiger partial charge in [-0.1, -0.05) is 15.9 Å². The van der Waals surface area contributed by atoms with Crippen molar-refractivity contribution in [3.8, 4) is 5.75 Å². The van der Waals surface area contributed by atoms with Crippen molar-refractivity contribution in [1.29, 1.82) is 0 Å². The van der Waals surface area contributed by atoms with Crippen LogP contribution in [0.2, 0.25) is 0 Å². The smallest absolute Gasteiger partial charge is 0.321 e. The van der Waals surface area contributed by atoms with Crippen molar-refractivity contribution in [3.63, 3.8) is 0 Å². The average molecular weight is 402 g/mol. The summed E-state index contributed by atoms with van der Waals surface area (Å²) in [7, 11) is 0. The second-order valence-corrected chi connectivity index (χ2v) is 7.66. The summed E-state index contributed by atoms with van der Waals surface area (Å²) in [6, 6.07) is 4.34. The highest BCUT2D eigenvalue weighted by Gasteiger charge is 2.54. The molecule has 2 unspecified atom stereocenters. The number of hydrogen-bond donors (Lipinski definition) is 1. The summed E-state index contributed by atoms with van der Waals surface area (Å²) in [5.41, 5.74) is 0.491. The van der Waals surface area contributed by atoms with Gasteiger partial charge in [-0.25, -0.2) is 4.79 Å². The van der Waals surface area contributed by atoms with Crippen molar-refractivity contribution in [1.82, 2.24) is 10.2 Å². The monoisotopic (exact) mass is 400 g/mol. The van der Waals surface area contributed by atoms with E-state index in [1.54, 1.807) is 0 Å². The maximum Gasteiger partial charge on any atom is 0.321 e. The molecule has 6 heteroatoms. The number of urea groups is 1. The molecule has 0 spiro atoms. The van der Waals surface area contributed by atoms with Crippen LogP contribution in [-0.2, 0) is 0 Å². The molecule has 1 saturated heterocycles. The molecule has 0 radical (unpaired) electrons. The minimum atomic E-state index is -0.544. The SMILES string of the molecule is CC12CC(NC(=O)N1C1CC1)c1cc(Br)cc(Br)c1O2. The largest absolute Gasteiger partial charge is 0.466 e. The van der Waals surface area contributed by atoms with E-state index in [0.29, 0.717) is 6.04 Å². The molecule has 1 saturated carbocycles. The summed E-state index contributed by atoms with van der Waals surface area (Å²) < 4.78 is 8.16. The van der Waals surface area contributed by atoms with Crippen LogP contribution >= 0.6 is 31.9 Å². The molecule has 2 atom stereocenters. The molecule has 4 rings (SSSR count). The van der Waals surface area contributed by atoms with Crippen molar-refractivity contribution >= 4 is 37.9 Å². The fraction of sp³-hybridized carbons (Fsp3) is 0.500. The van der Waals surface area contributed by atoms with E-state index >= 15 is 0 Å². The number of amides is 2. The predicted molar refractivity (Wildman–Crippen MR) is 81.6 cm³/mol. The number of carbonyl (C=O) groups excluding carboxylic acids is 1. The molecular formula is C14H14Br2N2O2. The molecule has 106 valence electrons. The van der Waals surface area contributed by atoms with Crippen LogP contribution in [0.5, 0.6) is 5.75 Å². The Morgan fingerprint density at radius 1 is 1.40 bits per heavy atom. The molecular weight excluding hydrogens is 388 g/mol. The zero-order chi connectivity index (χ0) is 14.1. The van der Waals surface area contributed by atoms with Gasteiger partial charge in [0.05, 0.1) is 10.5 Å². The van der Waals surface area contributed by atoms with Gasteiger partial charge in [-0.3, -0.25) is 4.90 Å².